The third-order valence-corrected chi connectivity index (χ3v) is 2.70. The second-order valence-corrected chi connectivity index (χ2v) is 4.01. The van der Waals surface area contributed by atoms with E-state index in [4.69, 9.17) is 4.74 Å². The summed E-state index contributed by atoms with van der Waals surface area (Å²) >= 11 is 0. The zero-order valence-electron chi connectivity index (χ0n) is 9.19. The zero-order valence-corrected chi connectivity index (χ0v) is 9.19. The predicted molar refractivity (Wildman–Crippen MR) is 60.4 cm³/mol. The van der Waals surface area contributed by atoms with Crippen molar-refractivity contribution < 1.29 is 9.53 Å². The topological polar surface area (TPSA) is 51.2 Å². The van der Waals surface area contributed by atoms with Gasteiger partial charge in [-0.2, -0.15) is 0 Å². The lowest BCUT2D eigenvalue weighted by atomic mass is 10.1. The summed E-state index contributed by atoms with van der Waals surface area (Å²) in [5.41, 5.74) is 0.479. The van der Waals surface area contributed by atoms with Gasteiger partial charge in [0.2, 0.25) is 5.78 Å². The van der Waals surface area contributed by atoms with Gasteiger partial charge < -0.3 is 10.1 Å². The lowest BCUT2D eigenvalue weighted by molar-refractivity contribution is 0.0687. The van der Waals surface area contributed by atoms with Crippen molar-refractivity contribution in [2.75, 3.05) is 26.3 Å². The summed E-state index contributed by atoms with van der Waals surface area (Å²) in [6.45, 7) is 2.85. The Morgan fingerprint density at radius 2 is 2.50 bits per heavy atom. The number of Topliss-reactive ketones (excluding diaryl/α,β-unsaturated/α-hetero) is 1. The lowest BCUT2D eigenvalue weighted by Crippen LogP contribution is -2.17. The van der Waals surface area contributed by atoms with Gasteiger partial charge in [-0.25, -0.2) is 0 Å². The molecule has 0 aliphatic carbocycles. The molecule has 1 aromatic rings. The molecule has 1 saturated heterocycles. The number of nitrogens with zero attached hydrogens (tertiary/aromatic N) is 1. The van der Waals surface area contributed by atoms with E-state index in [1.807, 2.05) is 0 Å². The summed E-state index contributed by atoms with van der Waals surface area (Å²) in [7, 11) is 0. The summed E-state index contributed by atoms with van der Waals surface area (Å²) in [6.07, 6.45) is 2.76. The molecule has 86 valence electrons. The van der Waals surface area contributed by atoms with Crippen molar-refractivity contribution >= 4 is 5.78 Å². The summed E-state index contributed by atoms with van der Waals surface area (Å²) < 4.78 is 5.40. The summed E-state index contributed by atoms with van der Waals surface area (Å²) in [4.78, 5) is 15.6. The summed E-state index contributed by atoms with van der Waals surface area (Å²) in [5.74, 6) is 0.503. The predicted octanol–water partition coefficient (Wildman–Crippen LogP) is 0.890. The van der Waals surface area contributed by atoms with E-state index in [1.54, 1.807) is 24.4 Å². The molecule has 1 atom stereocenters. The highest BCUT2D eigenvalue weighted by atomic mass is 16.5. The number of pyridine rings is 1. The lowest BCUT2D eigenvalue weighted by Gasteiger charge is -2.08. The average Bonchev–Trinajstić information content (AvgIpc) is 2.83. The molecule has 16 heavy (non-hydrogen) atoms. The maximum Gasteiger partial charge on any atom is 0.206 e. The van der Waals surface area contributed by atoms with Gasteiger partial charge in [0, 0.05) is 12.7 Å². The SMILES string of the molecule is O=C(COC[C@@H]1CCNC1)c1ccccn1. The minimum absolute atomic E-state index is 0.0495. The van der Waals surface area contributed by atoms with Crippen molar-refractivity contribution in [3.63, 3.8) is 0 Å². The van der Waals surface area contributed by atoms with Crippen molar-refractivity contribution in [3.8, 4) is 0 Å². The first-order valence-electron chi connectivity index (χ1n) is 5.59. The molecule has 2 rings (SSSR count). The Kier molecular flexibility index (Phi) is 4.02. The van der Waals surface area contributed by atoms with Crippen LogP contribution in [-0.4, -0.2) is 37.1 Å². The molecule has 4 nitrogen and oxygen atoms in total. The molecular formula is C12H16N2O2. The molecule has 1 fully saturated rings. The molecule has 0 amide bonds. The van der Waals surface area contributed by atoms with Crippen molar-refractivity contribution in [3.05, 3.63) is 30.1 Å². The summed E-state index contributed by atoms with van der Waals surface area (Å²) in [6, 6.07) is 5.31. The Bertz CT molecular complexity index is 334. The number of nitrogens with one attached hydrogen (secondary N) is 1. The van der Waals surface area contributed by atoms with Crippen LogP contribution in [0.25, 0.3) is 0 Å². The van der Waals surface area contributed by atoms with Crippen LogP contribution in [0.4, 0.5) is 0 Å². The number of rotatable bonds is 5. The van der Waals surface area contributed by atoms with Gasteiger partial charge in [-0.15, -0.1) is 0 Å². The monoisotopic (exact) mass is 220 g/mol. The molecule has 0 unspecified atom stereocenters. The van der Waals surface area contributed by atoms with Gasteiger partial charge in [0.05, 0.1) is 6.61 Å². The second-order valence-electron chi connectivity index (χ2n) is 4.01. The van der Waals surface area contributed by atoms with Crippen molar-refractivity contribution in [2.45, 2.75) is 6.42 Å². The van der Waals surface area contributed by atoms with E-state index >= 15 is 0 Å². The Morgan fingerprint density at radius 1 is 1.56 bits per heavy atom. The van der Waals surface area contributed by atoms with Crippen LogP contribution in [-0.2, 0) is 4.74 Å². The third-order valence-electron chi connectivity index (χ3n) is 2.70. The number of hydrogen-bond donors (Lipinski definition) is 1. The van der Waals surface area contributed by atoms with E-state index in [0.717, 1.165) is 19.5 Å². The molecule has 0 radical (unpaired) electrons. The van der Waals surface area contributed by atoms with Crippen LogP contribution in [0.15, 0.2) is 24.4 Å². The van der Waals surface area contributed by atoms with E-state index in [-0.39, 0.29) is 12.4 Å². The van der Waals surface area contributed by atoms with Crippen LogP contribution in [0.2, 0.25) is 0 Å². The number of hydrogen-bond acceptors (Lipinski definition) is 4. The standard InChI is InChI=1S/C12H16N2O2/c15-12(11-3-1-2-5-14-11)9-16-8-10-4-6-13-7-10/h1-3,5,10,13H,4,6-9H2/t10-/m1/s1. The van der Waals surface area contributed by atoms with E-state index in [2.05, 4.69) is 10.3 Å². The normalized spacial score (nSPS) is 19.9. The van der Waals surface area contributed by atoms with Gasteiger partial charge in [-0.3, -0.25) is 9.78 Å². The van der Waals surface area contributed by atoms with Gasteiger partial charge in [0.25, 0.3) is 0 Å². The zero-order chi connectivity index (χ0) is 11.2. The number of carbonyl (C=O) groups is 1. The fourth-order valence-corrected chi connectivity index (χ4v) is 1.78. The number of ketones is 1. The van der Waals surface area contributed by atoms with Crippen LogP contribution >= 0.6 is 0 Å². The fraction of sp³-hybridized carbons (Fsp3) is 0.500. The van der Waals surface area contributed by atoms with Crippen molar-refractivity contribution in [1.29, 1.82) is 0 Å². The minimum Gasteiger partial charge on any atom is -0.373 e. The smallest absolute Gasteiger partial charge is 0.206 e. The maximum atomic E-state index is 11.6. The quantitative estimate of drug-likeness (QED) is 0.749. The molecule has 0 bridgehead atoms. The van der Waals surface area contributed by atoms with E-state index in [0.29, 0.717) is 18.2 Å². The minimum atomic E-state index is -0.0495. The number of aromatic nitrogens is 1. The van der Waals surface area contributed by atoms with Gasteiger partial charge in [-0.05, 0) is 31.0 Å². The molecule has 1 aliphatic heterocycles. The Labute approximate surface area is 95.0 Å². The summed E-state index contributed by atoms with van der Waals surface area (Å²) in [5, 5.41) is 3.26. The number of ether oxygens (including phenoxy) is 1. The van der Waals surface area contributed by atoms with Gasteiger partial charge in [-0.1, -0.05) is 6.07 Å². The molecule has 0 aromatic carbocycles. The Balaban J connectivity index is 1.71. The largest absolute Gasteiger partial charge is 0.373 e. The molecular weight excluding hydrogens is 204 g/mol. The average molecular weight is 220 g/mol. The van der Waals surface area contributed by atoms with Crippen LogP contribution < -0.4 is 5.32 Å². The van der Waals surface area contributed by atoms with Gasteiger partial charge in [0.15, 0.2) is 0 Å². The van der Waals surface area contributed by atoms with Crippen LogP contribution in [0, 0.1) is 5.92 Å². The van der Waals surface area contributed by atoms with Crippen LogP contribution in [0.3, 0.4) is 0 Å². The molecule has 0 spiro atoms. The second kappa shape index (κ2) is 5.72. The van der Waals surface area contributed by atoms with Crippen LogP contribution in [0.1, 0.15) is 16.9 Å². The Hall–Kier alpha value is -1.26. The van der Waals surface area contributed by atoms with E-state index < -0.39 is 0 Å². The van der Waals surface area contributed by atoms with Crippen molar-refractivity contribution in [2.24, 2.45) is 5.92 Å². The highest BCUT2D eigenvalue weighted by Gasteiger charge is 2.15. The highest BCUT2D eigenvalue weighted by Crippen LogP contribution is 2.07. The maximum absolute atomic E-state index is 11.6. The number of carbonyl (C=O) groups excluding carboxylic acids is 1. The third kappa shape index (κ3) is 3.12. The van der Waals surface area contributed by atoms with E-state index in [1.165, 1.54) is 0 Å². The first-order chi connectivity index (χ1) is 7.86. The molecule has 1 aliphatic rings. The first kappa shape index (κ1) is 11.2. The fourth-order valence-electron chi connectivity index (χ4n) is 1.78. The molecule has 4 heteroatoms. The molecule has 1 N–H and O–H groups in total. The molecule has 1 aromatic heterocycles. The first-order valence-corrected chi connectivity index (χ1v) is 5.59. The van der Waals surface area contributed by atoms with Gasteiger partial charge in [0.1, 0.15) is 12.3 Å². The molecule has 2 heterocycles. The van der Waals surface area contributed by atoms with Crippen molar-refractivity contribution in [1.82, 2.24) is 10.3 Å². The molecule has 0 saturated carbocycles. The van der Waals surface area contributed by atoms with E-state index in [9.17, 15) is 4.79 Å². The van der Waals surface area contributed by atoms with Gasteiger partial charge >= 0.3 is 0 Å². The Morgan fingerprint density at radius 3 is 3.19 bits per heavy atom. The highest BCUT2D eigenvalue weighted by molar-refractivity contribution is 5.95. The van der Waals surface area contributed by atoms with Crippen LogP contribution in [0.5, 0.6) is 0 Å².